The number of nitrogens with zero attached hydrogens (tertiary/aromatic N) is 1. The maximum Gasteiger partial charge on any atom is 0.233 e. The lowest BCUT2D eigenvalue weighted by Crippen LogP contribution is -2.47. The van der Waals surface area contributed by atoms with Gasteiger partial charge in [-0.25, -0.2) is 4.39 Å². The van der Waals surface area contributed by atoms with Crippen LogP contribution in [-0.4, -0.2) is 17.4 Å². The number of halogens is 1. The van der Waals surface area contributed by atoms with Crippen LogP contribution < -0.4 is 0 Å². The SMILES string of the molecule is O=C(N1CCc2sccc2C1)C1(c2ccc(F)cc2)CCCC1. The number of carbonyl (C=O) groups is 1. The van der Waals surface area contributed by atoms with Gasteiger partial charge in [-0.1, -0.05) is 25.0 Å². The minimum absolute atomic E-state index is 0.235. The van der Waals surface area contributed by atoms with Crippen LogP contribution in [0.1, 0.15) is 41.7 Å². The van der Waals surface area contributed by atoms with Crippen molar-refractivity contribution in [3.05, 3.63) is 57.5 Å². The van der Waals surface area contributed by atoms with Gasteiger partial charge in [0.15, 0.2) is 0 Å². The largest absolute Gasteiger partial charge is 0.337 e. The van der Waals surface area contributed by atoms with Crippen molar-refractivity contribution in [2.24, 2.45) is 0 Å². The van der Waals surface area contributed by atoms with E-state index < -0.39 is 5.41 Å². The van der Waals surface area contributed by atoms with Crippen LogP contribution in [0.4, 0.5) is 4.39 Å². The molecular weight excluding hydrogens is 309 g/mol. The van der Waals surface area contributed by atoms with Gasteiger partial charge in [-0.05, 0) is 54.0 Å². The Morgan fingerprint density at radius 3 is 2.61 bits per heavy atom. The Morgan fingerprint density at radius 2 is 1.87 bits per heavy atom. The lowest BCUT2D eigenvalue weighted by atomic mass is 9.77. The normalized spacial score (nSPS) is 19.6. The van der Waals surface area contributed by atoms with Crippen molar-refractivity contribution in [1.82, 2.24) is 4.90 Å². The molecule has 2 aliphatic rings. The summed E-state index contributed by atoms with van der Waals surface area (Å²) in [6.07, 6.45) is 4.86. The molecule has 0 unspecified atom stereocenters. The fourth-order valence-electron chi connectivity index (χ4n) is 4.10. The van der Waals surface area contributed by atoms with Crippen molar-refractivity contribution in [2.75, 3.05) is 6.54 Å². The first-order valence-corrected chi connectivity index (χ1v) is 9.18. The molecular formula is C19H20FNOS. The van der Waals surface area contributed by atoms with E-state index in [2.05, 4.69) is 11.4 Å². The monoisotopic (exact) mass is 329 g/mol. The van der Waals surface area contributed by atoms with Crippen LogP contribution in [-0.2, 0) is 23.2 Å². The van der Waals surface area contributed by atoms with Gasteiger partial charge < -0.3 is 4.90 Å². The lowest BCUT2D eigenvalue weighted by Gasteiger charge is -2.36. The average Bonchev–Trinajstić information content (AvgIpc) is 3.24. The quantitative estimate of drug-likeness (QED) is 0.805. The maximum atomic E-state index is 13.4. The van der Waals surface area contributed by atoms with Gasteiger partial charge >= 0.3 is 0 Å². The molecule has 1 aliphatic carbocycles. The number of carbonyl (C=O) groups excluding carboxylic acids is 1. The van der Waals surface area contributed by atoms with E-state index >= 15 is 0 Å². The van der Waals surface area contributed by atoms with Crippen molar-refractivity contribution in [3.63, 3.8) is 0 Å². The molecule has 2 aromatic rings. The van der Waals surface area contributed by atoms with E-state index in [1.165, 1.54) is 22.6 Å². The summed E-state index contributed by atoms with van der Waals surface area (Å²) in [5, 5.41) is 2.12. The molecule has 0 radical (unpaired) electrons. The van der Waals surface area contributed by atoms with Gasteiger partial charge in [0, 0.05) is 18.0 Å². The number of hydrogen-bond acceptors (Lipinski definition) is 2. The van der Waals surface area contributed by atoms with Crippen LogP contribution in [0, 0.1) is 5.82 Å². The predicted octanol–water partition coefficient (Wildman–Crippen LogP) is 4.28. The summed E-state index contributed by atoms with van der Waals surface area (Å²) in [5.74, 6) is -0.00584. The molecule has 1 aromatic carbocycles. The fraction of sp³-hybridized carbons (Fsp3) is 0.421. The van der Waals surface area contributed by atoms with Gasteiger partial charge in [-0.2, -0.15) is 0 Å². The number of thiophene rings is 1. The Hall–Kier alpha value is -1.68. The molecule has 1 aromatic heterocycles. The summed E-state index contributed by atoms with van der Waals surface area (Å²) in [6, 6.07) is 8.71. The maximum absolute atomic E-state index is 13.4. The third-order valence-electron chi connectivity index (χ3n) is 5.36. The van der Waals surface area contributed by atoms with Gasteiger partial charge in [-0.3, -0.25) is 4.79 Å². The second-order valence-electron chi connectivity index (χ2n) is 6.64. The fourth-order valence-corrected chi connectivity index (χ4v) is 4.99. The van der Waals surface area contributed by atoms with Crippen LogP contribution in [0.15, 0.2) is 35.7 Å². The van der Waals surface area contributed by atoms with Crippen LogP contribution in [0.2, 0.25) is 0 Å². The van der Waals surface area contributed by atoms with Gasteiger partial charge in [0.25, 0.3) is 0 Å². The highest BCUT2D eigenvalue weighted by Gasteiger charge is 2.45. The summed E-state index contributed by atoms with van der Waals surface area (Å²) < 4.78 is 13.3. The molecule has 2 heterocycles. The van der Waals surface area contributed by atoms with Crippen LogP contribution in [0.5, 0.6) is 0 Å². The molecule has 1 aliphatic heterocycles. The van der Waals surface area contributed by atoms with E-state index in [0.717, 1.165) is 50.8 Å². The molecule has 1 saturated carbocycles. The molecule has 0 atom stereocenters. The number of benzene rings is 1. The Kier molecular flexibility index (Phi) is 3.72. The third kappa shape index (κ3) is 2.49. The molecule has 0 saturated heterocycles. The Morgan fingerprint density at radius 1 is 1.13 bits per heavy atom. The van der Waals surface area contributed by atoms with E-state index in [9.17, 15) is 9.18 Å². The number of hydrogen-bond donors (Lipinski definition) is 0. The predicted molar refractivity (Wildman–Crippen MR) is 90.0 cm³/mol. The van der Waals surface area contributed by atoms with Crippen LogP contribution in [0.3, 0.4) is 0 Å². The zero-order valence-corrected chi connectivity index (χ0v) is 13.9. The molecule has 0 bridgehead atoms. The van der Waals surface area contributed by atoms with Gasteiger partial charge in [0.1, 0.15) is 5.82 Å². The van der Waals surface area contributed by atoms with E-state index in [-0.39, 0.29) is 11.7 Å². The van der Waals surface area contributed by atoms with Gasteiger partial charge in [0.05, 0.1) is 5.41 Å². The van der Waals surface area contributed by atoms with Crippen LogP contribution >= 0.6 is 11.3 Å². The number of amides is 1. The van der Waals surface area contributed by atoms with Crippen molar-refractivity contribution < 1.29 is 9.18 Å². The van der Waals surface area contributed by atoms with E-state index in [1.54, 1.807) is 23.5 Å². The molecule has 1 fully saturated rings. The smallest absolute Gasteiger partial charge is 0.233 e. The first kappa shape index (κ1) is 14.9. The summed E-state index contributed by atoms with van der Waals surface area (Å²) in [6.45, 7) is 1.52. The summed E-state index contributed by atoms with van der Waals surface area (Å²) in [5.41, 5.74) is 1.83. The molecule has 1 amide bonds. The molecule has 4 rings (SSSR count). The van der Waals surface area contributed by atoms with Gasteiger partial charge in [0.2, 0.25) is 5.91 Å². The van der Waals surface area contributed by atoms with Gasteiger partial charge in [-0.15, -0.1) is 11.3 Å². The Balaban J connectivity index is 1.65. The van der Waals surface area contributed by atoms with Crippen molar-refractivity contribution >= 4 is 17.2 Å². The number of rotatable bonds is 2. The van der Waals surface area contributed by atoms with Crippen molar-refractivity contribution in [1.29, 1.82) is 0 Å². The zero-order chi connectivity index (χ0) is 15.9. The van der Waals surface area contributed by atoms with E-state index in [1.807, 2.05) is 4.90 Å². The molecule has 23 heavy (non-hydrogen) atoms. The van der Waals surface area contributed by atoms with Crippen molar-refractivity contribution in [2.45, 2.75) is 44.1 Å². The first-order chi connectivity index (χ1) is 11.2. The Bertz CT molecular complexity index is 715. The Labute approximate surface area is 139 Å². The van der Waals surface area contributed by atoms with Crippen molar-refractivity contribution in [3.8, 4) is 0 Å². The molecule has 4 heteroatoms. The summed E-state index contributed by atoms with van der Waals surface area (Å²) in [7, 11) is 0. The first-order valence-electron chi connectivity index (χ1n) is 8.30. The highest BCUT2D eigenvalue weighted by molar-refractivity contribution is 7.10. The third-order valence-corrected chi connectivity index (χ3v) is 6.38. The average molecular weight is 329 g/mol. The van der Waals surface area contributed by atoms with E-state index in [0.29, 0.717) is 0 Å². The summed E-state index contributed by atoms with van der Waals surface area (Å²) in [4.78, 5) is 16.8. The lowest BCUT2D eigenvalue weighted by molar-refractivity contribution is -0.138. The zero-order valence-electron chi connectivity index (χ0n) is 13.1. The highest BCUT2D eigenvalue weighted by Crippen LogP contribution is 2.43. The minimum atomic E-state index is -0.443. The molecule has 0 spiro atoms. The standard InChI is InChI=1S/C19H20FNOS/c20-16-5-3-15(4-6-16)19(9-1-2-10-19)18(22)21-11-7-17-14(13-21)8-12-23-17/h3-6,8,12H,1-2,7,9-11,13H2. The highest BCUT2D eigenvalue weighted by atomic mass is 32.1. The van der Waals surface area contributed by atoms with E-state index in [4.69, 9.17) is 0 Å². The topological polar surface area (TPSA) is 20.3 Å². The van der Waals surface area contributed by atoms with Crippen LogP contribution in [0.25, 0.3) is 0 Å². The summed E-state index contributed by atoms with van der Waals surface area (Å²) >= 11 is 1.79. The molecule has 0 N–H and O–H groups in total. The second-order valence-corrected chi connectivity index (χ2v) is 7.64. The second kappa shape index (κ2) is 5.75. The molecule has 120 valence electrons. The minimum Gasteiger partial charge on any atom is -0.337 e. The number of fused-ring (bicyclic) bond motifs is 1. The molecule has 2 nitrogen and oxygen atoms in total.